The lowest BCUT2D eigenvalue weighted by molar-refractivity contribution is 0.151. The van der Waals surface area contributed by atoms with Crippen LogP contribution in [0.15, 0.2) is 0 Å². The van der Waals surface area contributed by atoms with Crippen LogP contribution in [0.2, 0.25) is 0 Å². The van der Waals surface area contributed by atoms with Crippen LogP contribution in [0.4, 0.5) is 4.39 Å². The van der Waals surface area contributed by atoms with Gasteiger partial charge in [-0.05, 0) is 13.3 Å². The van der Waals surface area contributed by atoms with Gasteiger partial charge in [-0.15, -0.1) is 0 Å². The number of rotatable bonds is 1. The summed E-state index contributed by atoms with van der Waals surface area (Å²) in [4.78, 5) is 0. The average Bonchev–Trinajstić information content (AvgIpc) is 2.14. The highest BCUT2D eigenvalue weighted by molar-refractivity contribution is 4.84. The van der Waals surface area contributed by atoms with Gasteiger partial charge in [0.1, 0.15) is 6.17 Å². The number of alkyl halides is 1. The van der Waals surface area contributed by atoms with E-state index in [-0.39, 0.29) is 6.04 Å². The van der Waals surface area contributed by atoms with Crippen molar-refractivity contribution in [3.8, 4) is 0 Å². The van der Waals surface area contributed by atoms with Gasteiger partial charge in [-0.25, -0.2) is 4.39 Å². The first kappa shape index (κ1) is 6.96. The molecule has 1 rings (SSSR count). The van der Waals surface area contributed by atoms with Crippen LogP contribution in [0.5, 0.6) is 0 Å². The van der Waals surface area contributed by atoms with Gasteiger partial charge in [-0.1, -0.05) is 0 Å². The molecule has 54 valence electrons. The zero-order chi connectivity index (χ0) is 6.85. The molecule has 1 aliphatic rings. The molecule has 0 aromatic rings. The highest BCUT2D eigenvalue weighted by Crippen LogP contribution is 2.12. The average molecular weight is 133 g/mol. The van der Waals surface area contributed by atoms with E-state index in [0.29, 0.717) is 13.0 Å². The van der Waals surface area contributed by atoms with Gasteiger partial charge in [-0.3, -0.25) is 0 Å². The normalized spacial score (nSPS) is 39.0. The minimum atomic E-state index is -0.760. The molecule has 1 saturated heterocycles. The zero-order valence-electron chi connectivity index (χ0n) is 5.47. The van der Waals surface area contributed by atoms with E-state index in [9.17, 15) is 4.39 Å². The van der Waals surface area contributed by atoms with Crippen molar-refractivity contribution in [2.45, 2.75) is 31.7 Å². The first-order chi connectivity index (χ1) is 4.20. The Morgan fingerprint density at radius 3 is 2.67 bits per heavy atom. The molecule has 0 bridgehead atoms. The summed E-state index contributed by atoms with van der Waals surface area (Å²) in [5, 5.41) is 11.8. The Labute approximate surface area is 54.1 Å². The van der Waals surface area contributed by atoms with Crippen molar-refractivity contribution in [3.05, 3.63) is 0 Å². The van der Waals surface area contributed by atoms with Gasteiger partial charge in [0.15, 0.2) is 0 Å². The molecular weight excluding hydrogens is 121 g/mol. The lowest BCUT2D eigenvalue weighted by Crippen LogP contribution is -2.32. The van der Waals surface area contributed by atoms with E-state index in [2.05, 4.69) is 5.32 Å². The SMILES string of the molecule is CC(O)C1CC(F)CN1. The van der Waals surface area contributed by atoms with E-state index in [1.54, 1.807) is 6.92 Å². The van der Waals surface area contributed by atoms with Crippen LogP contribution in [0, 0.1) is 0 Å². The lowest BCUT2D eigenvalue weighted by Gasteiger charge is -2.11. The molecule has 9 heavy (non-hydrogen) atoms. The van der Waals surface area contributed by atoms with Crippen molar-refractivity contribution in [3.63, 3.8) is 0 Å². The molecule has 0 saturated carbocycles. The zero-order valence-corrected chi connectivity index (χ0v) is 5.47. The maximum absolute atomic E-state index is 12.4. The van der Waals surface area contributed by atoms with Gasteiger partial charge in [0, 0.05) is 12.6 Å². The van der Waals surface area contributed by atoms with Gasteiger partial charge in [-0.2, -0.15) is 0 Å². The van der Waals surface area contributed by atoms with Crippen LogP contribution >= 0.6 is 0 Å². The number of aliphatic hydroxyl groups is 1. The van der Waals surface area contributed by atoms with Crippen LogP contribution in [0.1, 0.15) is 13.3 Å². The Hall–Kier alpha value is -0.150. The van der Waals surface area contributed by atoms with Crippen LogP contribution in [-0.4, -0.2) is 30.0 Å². The van der Waals surface area contributed by atoms with Crippen LogP contribution in [-0.2, 0) is 0 Å². The van der Waals surface area contributed by atoms with Gasteiger partial charge >= 0.3 is 0 Å². The van der Waals surface area contributed by atoms with Crippen molar-refractivity contribution >= 4 is 0 Å². The van der Waals surface area contributed by atoms with Crippen LogP contribution in [0.25, 0.3) is 0 Å². The van der Waals surface area contributed by atoms with E-state index in [1.807, 2.05) is 0 Å². The highest BCUT2D eigenvalue weighted by atomic mass is 19.1. The Kier molecular flexibility index (Phi) is 2.03. The molecule has 0 amide bonds. The third-order valence-electron chi connectivity index (χ3n) is 1.69. The standard InChI is InChI=1S/C6H12FNO/c1-4(9)6-2-5(7)3-8-6/h4-6,8-9H,2-3H2,1H3. The van der Waals surface area contributed by atoms with Crippen LogP contribution < -0.4 is 5.32 Å². The summed E-state index contributed by atoms with van der Waals surface area (Å²) in [6.45, 7) is 2.07. The van der Waals surface area contributed by atoms with Crippen LogP contribution in [0.3, 0.4) is 0 Å². The third-order valence-corrected chi connectivity index (χ3v) is 1.69. The van der Waals surface area contributed by atoms with Crippen molar-refractivity contribution in [1.82, 2.24) is 5.32 Å². The number of halogens is 1. The summed E-state index contributed by atoms with van der Waals surface area (Å²) in [6.07, 6.45) is -0.729. The maximum Gasteiger partial charge on any atom is 0.114 e. The Morgan fingerprint density at radius 1 is 1.78 bits per heavy atom. The third kappa shape index (κ3) is 1.63. The monoisotopic (exact) mass is 133 g/mol. The minimum Gasteiger partial charge on any atom is -0.392 e. The summed E-state index contributed by atoms with van der Waals surface area (Å²) in [6, 6.07) is -0.0278. The molecule has 3 heteroatoms. The van der Waals surface area contributed by atoms with Crippen molar-refractivity contribution in [2.75, 3.05) is 6.54 Å². The smallest absolute Gasteiger partial charge is 0.114 e. The molecular formula is C6H12FNO. The summed E-state index contributed by atoms with van der Waals surface area (Å²) >= 11 is 0. The quantitative estimate of drug-likeness (QED) is 0.530. The van der Waals surface area contributed by atoms with E-state index in [1.165, 1.54) is 0 Å². The van der Waals surface area contributed by atoms with Gasteiger partial charge in [0.2, 0.25) is 0 Å². The minimum absolute atomic E-state index is 0.0278. The Bertz CT molecular complexity index is 97.1. The fraction of sp³-hybridized carbons (Fsp3) is 1.00. The Morgan fingerprint density at radius 2 is 2.44 bits per heavy atom. The van der Waals surface area contributed by atoms with Gasteiger partial charge in [0.25, 0.3) is 0 Å². The number of nitrogens with one attached hydrogen (secondary N) is 1. The molecule has 2 nitrogen and oxygen atoms in total. The van der Waals surface area contributed by atoms with E-state index >= 15 is 0 Å². The molecule has 1 fully saturated rings. The molecule has 1 heterocycles. The fourth-order valence-electron chi connectivity index (χ4n) is 1.09. The first-order valence-corrected chi connectivity index (χ1v) is 3.25. The molecule has 0 aromatic heterocycles. The predicted octanol–water partition coefficient (Wildman–Crippen LogP) is 0.0672. The number of hydrogen-bond donors (Lipinski definition) is 2. The molecule has 0 aliphatic carbocycles. The highest BCUT2D eigenvalue weighted by Gasteiger charge is 2.26. The van der Waals surface area contributed by atoms with Crippen molar-refractivity contribution < 1.29 is 9.50 Å². The van der Waals surface area contributed by atoms with E-state index in [4.69, 9.17) is 5.11 Å². The molecule has 3 unspecified atom stereocenters. The van der Waals surface area contributed by atoms with Crippen molar-refractivity contribution in [2.24, 2.45) is 0 Å². The van der Waals surface area contributed by atoms with Gasteiger partial charge in [0.05, 0.1) is 6.10 Å². The summed E-state index contributed by atoms with van der Waals surface area (Å²) < 4.78 is 12.4. The molecule has 0 spiro atoms. The topological polar surface area (TPSA) is 32.3 Å². The maximum atomic E-state index is 12.4. The van der Waals surface area contributed by atoms with Gasteiger partial charge < -0.3 is 10.4 Å². The summed E-state index contributed by atoms with van der Waals surface area (Å²) in [5.74, 6) is 0. The predicted molar refractivity (Wildman–Crippen MR) is 33.0 cm³/mol. The second-order valence-electron chi connectivity index (χ2n) is 2.59. The molecule has 0 aromatic carbocycles. The van der Waals surface area contributed by atoms with Crippen molar-refractivity contribution in [1.29, 1.82) is 0 Å². The lowest BCUT2D eigenvalue weighted by atomic mass is 10.1. The van der Waals surface area contributed by atoms with E-state index in [0.717, 1.165) is 0 Å². The molecule has 2 N–H and O–H groups in total. The second kappa shape index (κ2) is 2.62. The largest absolute Gasteiger partial charge is 0.392 e. The fourth-order valence-corrected chi connectivity index (χ4v) is 1.09. The first-order valence-electron chi connectivity index (χ1n) is 3.25. The number of aliphatic hydroxyl groups excluding tert-OH is 1. The molecule has 3 atom stereocenters. The number of hydrogen-bond acceptors (Lipinski definition) is 2. The second-order valence-corrected chi connectivity index (χ2v) is 2.59. The molecule has 0 radical (unpaired) electrons. The Balaban J connectivity index is 2.30. The summed E-state index contributed by atoms with van der Waals surface area (Å²) in [5.41, 5.74) is 0. The molecule has 1 aliphatic heterocycles. The van der Waals surface area contributed by atoms with E-state index < -0.39 is 12.3 Å². The summed E-state index contributed by atoms with van der Waals surface area (Å²) in [7, 11) is 0.